The van der Waals surface area contributed by atoms with E-state index in [-0.39, 0.29) is 17.5 Å². The fraction of sp³-hybridized carbons (Fsp3) is 0.0556. The van der Waals surface area contributed by atoms with Crippen LogP contribution in [0.2, 0.25) is 0 Å². The SMILES string of the molecule is Cc1ccc2nc(NC(=O)C(Sc3ccc(NC(=O)/C(=C/c4ccsc4)NC(=O)c4ccccc4)cc3)c3ccccc3)sc2c1. The van der Waals surface area contributed by atoms with Gasteiger partial charge in [0.05, 0.1) is 10.2 Å². The average Bonchev–Trinajstić information content (AvgIpc) is 3.74. The molecule has 2 aromatic heterocycles. The number of thiophene rings is 1. The van der Waals surface area contributed by atoms with Gasteiger partial charge in [-0.2, -0.15) is 11.3 Å². The van der Waals surface area contributed by atoms with Crippen molar-refractivity contribution in [1.29, 1.82) is 0 Å². The number of thiazole rings is 1. The first-order valence-corrected chi connectivity index (χ1v) is 17.0. The highest BCUT2D eigenvalue weighted by Gasteiger charge is 2.23. The van der Waals surface area contributed by atoms with Gasteiger partial charge in [-0.1, -0.05) is 65.9 Å². The molecule has 3 N–H and O–H groups in total. The van der Waals surface area contributed by atoms with Gasteiger partial charge in [0.25, 0.3) is 11.8 Å². The number of benzene rings is 4. The zero-order chi connectivity index (χ0) is 31.9. The number of hydrogen-bond acceptors (Lipinski definition) is 7. The molecule has 1 unspecified atom stereocenters. The number of aryl methyl sites for hydroxylation is 1. The summed E-state index contributed by atoms with van der Waals surface area (Å²) in [4.78, 5) is 45.3. The number of nitrogens with one attached hydrogen (secondary N) is 3. The Morgan fingerprint density at radius 2 is 1.59 bits per heavy atom. The lowest BCUT2D eigenvalue weighted by molar-refractivity contribution is -0.116. The molecule has 0 spiro atoms. The number of anilines is 2. The summed E-state index contributed by atoms with van der Waals surface area (Å²) in [5.41, 5.74) is 4.77. The molecule has 0 radical (unpaired) electrons. The first-order chi connectivity index (χ1) is 22.4. The van der Waals surface area contributed by atoms with Crippen molar-refractivity contribution in [3.8, 4) is 0 Å². The highest BCUT2D eigenvalue weighted by Crippen LogP contribution is 2.37. The average molecular weight is 661 g/mol. The molecule has 0 saturated carbocycles. The van der Waals surface area contributed by atoms with Gasteiger partial charge in [-0.05, 0) is 95.0 Å². The minimum Gasteiger partial charge on any atom is -0.321 e. The van der Waals surface area contributed by atoms with E-state index in [1.165, 1.54) is 34.4 Å². The monoisotopic (exact) mass is 660 g/mol. The number of fused-ring (bicyclic) bond motifs is 1. The van der Waals surface area contributed by atoms with Crippen molar-refractivity contribution >= 4 is 79.3 Å². The van der Waals surface area contributed by atoms with Crippen LogP contribution in [0, 0.1) is 6.92 Å². The van der Waals surface area contributed by atoms with Crippen LogP contribution in [0.25, 0.3) is 16.3 Å². The van der Waals surface area contributed by atoms with Crippen LogP contribution in [-0.4, -0.2) is 22.7 Å². The maximum absolute atomic E-state index is 13.6. The summed E-state index contributed by atoms with van der Waals surface area (Å²) in [6, 6.07) is 33.5. The van der Waals surface area contributed by atoms with Gasteiger partial charge in [0.2, 0.25) is 5.91 Å². The normalized spacial score (nSPS) is 12.0. The van der Waals surface area contributed by atoms with Gasteiger partial charge in [0.15, 0.2) is 5.13 Å². The van der Waals surface area contributed by atoms with E-state index in [1.807, 2.05) is 84.4 Å². The molecule has 1 atom stereocenters. The molecule has 0 aliphatic carbocycles. The summed E-state index contributed by atoms with van der Waals surface area (Å²) >= 11 is 4.35. The van der Waals surface area contributed by atoms with E-state index < -0.39 is 11.2 Å². The van der Waals surface area contributed by atoms with Crippen LogP contribution < -0.4 is 16.0 Å². The molecule has 6 rings (SSSR count). The van der Waals surface area contributed by atoms with Gasteiger partial charge < -0.3 is 16.0 Å². The first kappa shape index (κ1) is 31.0. The summed E-state index contributed by atoms with van der Waals surface area (Å²) in [6.07, 6.45) is 1.65. The summed E-state index contributed by atoms with van der Waals surface area (Å²) in [5.74, 6) is -1.01. The Morgan fingerprint density at radius 3 is 2.30 bits per heavy atom. The molecule has 7 nitrogen and oxygen atoms in total. The fourth-order valence-electron chi connectivity index (χ4n) is 4.57. The maximum Gasteiger partial charge on any atom is 0.272 e. The van der Waals surface area contributed by atoms with Crippen molar-refractivity contribution in [3.05, 3.63) is 148 Å². The molecule has 0 fully saturated rings. The van der Waals surface area contributed by atoms with Crippen LogP contribution >= 0.6 is 34.4 Å². The molecule has 228 valence electrons. The Hall–Kier alpha value is -5.03. The molecule has 6 aromatic rings. The number of nitrogens with zero attached hydrogens (tertiary/aromatic N) is 1. The number of carbonyl (C=O) groups excluding carboxylic acids is 3. The molecule has 0 aliphatic heterocycles. The lowest BCUT2D eigenvalue weighted by atomic mass is 10.1. The van der Waals surface area contributed by atoms with Crippen LogP contribution in [0.15, 0.2) is 131 Å². The van der Waals surface area contributed by atoms with E-state index in [4.69, 9.17) is 0 Å². The molecule has 46 heavy (non-hydrogen) atoms. The Bertz CT molecular complexity index is 2010. The van der Waals surface area contributed by atoms with Gasteiger partial charge >= 0.3 is 0 Å². The summed E-state index contributed by atoms with van der Waals surface area (Å²) in [7, 11) is 0. The zero-order valence-electron chi connectivity index (χ0n) is 24.6. The number of aromatic nitrogens is 1. The summed E-state index contributed by atoms with van der Waals surface area (Å²) in [6.45, 7) is 2.03. The highest BCUT2D eigenvalue weighted by atomic mass is 32.2. The second-order valence-electron chi connectivity index (χ2n) is 10.3. The van der Waals surface area contributed by atoms with Crippen LogP contribution in [0.4, 0.5) is 10.8 Å². The summed E-state index contributed by atoms with van der Waals surface area (Å²) in [5, 5.41) is 12.5. The lowest BCUT2D eigenvalue weighted by Crippen LogP contribution is -2.30. The van der Waals surface area contributed by atoms with Crippen molar-refractivity contribution in [2.75, 3.05) is 10.6 Å². The Kier molecular flexibility index (Phi) is 9.68. The van der Waals surface area contributed by atoms with Crippen molar-refractivity contribution < 1.29 is 14.4 Å². The van der Waals surface area contributed by atoms with Crippen molar-refractivity contribution in [3.63, 3.8) is 0 Å². The van der Waals surface area contributed by atoms with Gasteiger partial charge in [0.1, 0.15) is 10.9 Å². The van der Waals surface area contributed by atoms with E-state index in [0.717, 1.165) is 31.8 Å². The van der Waals surface area contributed by atoms with Crippen LogP contribution in [0.3, 0.4) is 0 Å². The third kappa shape index (κ3) is 7.78. The number of hydrogen-bond donors (Lipinski definition) is 3. The maximum atomic E-state index is 13.6. The topological polar surface area (TPSA) is 100 Å². The predicted molar refractivity (Wildman–Crippen MR) is 189 cm³/mol. The summed E-state index contributed by atoms with van der Waals surface area (Å²) < 4.78 is 1.02. The minimum absolute atomic E-state index is 0.122. The Morgan fingerprint density at radius 1 is 0.848 bits per heavy atom. The number of carbonyl (C=O) groups is 3. The molecule has 10 heteroatoms. The van der Waals surface area contributed by atoms with Crippen molar-refractivity contribution in [2.45, 2.75) is 17.1 Å². The lowest BCUT2D eigenvalue weighted by Gasteiger charge is -2.16. The molecule has 0 bridgehead atoms. The van der Waals surface area contributed by atoms with Gasteiger partial charge in [-0.25, -0.2) is 4.98 Å². The molecule has 0 saturated heterocycles. The first-order valence-electron chi connectivity index (χ1n) is 14.3. The van der Waals surface area contributed by atoms with E-state index in [2.05, 4.69) is 27.0 Å². The smallest absolute Gasteiger partial charge is 0.272 e. The van der Waals surface area contributed by atoms with Gasteiger partial charge in [0, 0.05) is 16.1 Å². The highest BCUT2D eigenvalue weighted by molar-refractivity contribution is 8.00. The number of thioether (sulfide) groups is 1. The zero-order valence-corrected chi connectivity index (χ0v) is 27.0. The largest absolute Gasteiger partial charge is 0.321 e. The second kappa shape index (κ2) is 14.4. The fourth-order valence-corrected chi connectivity index (χ4v) is 7.18. The van der Waals surface area contributed by atoms with Gasteiger partial charge in [-0.3, -0.25) is 14.4 Å². The number of amides is 3. The van der Waals surface area contributed by atoms with Crippen LogP contribution in [0.5, 0.6) is 0 Å². The van der Waals surface area contributed by atoms with Gasteiger partial charge in [-0.15, -0.1) is 11.8 Å². The van der Waals surface area contributed by atoms with Crippen molar-refractivity contribution in [2.24, 2.45) is 0 Å². The predicted octanol–water partition coefficient (Wildman–Crippen LogP) is 8.55. The third-order valence-corrected chi connectivity index (χ3v) is 9.76. The quantitative estimate of drug-likeness (QED) is 0.101. The van der Waals surface area contributed by atoms with E-state index in [1.54, 1.807) is 42.5 Å². The Labute approximate surface area is 278 Å². The standard InChI is InChI=1S/C36H28N4O3S3/c1-23-12-17-29-31(20-23)46-36(39-29)40-35(43)32(25-8-4-2-5-9-25)45-28-15-13-27(14-16-28)37-34(42)30(21-24-18-19-44-22-24)38-33(41)26-10-6-3-7-11-26/h2-22,32H,1H3,(H,37,42)(H,38,41)(H,39,40,43)/b30-21-. The molecule has 3 amide bonds. The molecule has 2 heterocycles. The molecule has 4 aromatic carbocycles. The van der Waals surface area contributed by atoms with E-state index in [0.29, 0.717) is 16.4 Å². The molecular formula is C36H28N4O3S3. The van der Waals surface area contributed by atoms with E-state index in [9.17, 15) is 14.4 Å². The molecule has 0 aliphatic rings. The number of rotatable bonds is 10. The van der Waals surface area contributed by atoms with Crippen LogP contribution in [0.1, 0.15) is 32.3 Å². The third-order valence-electron chi connectivity index (χ3n) is 6.86. The van der Waals surface area contributed by atoms with Crippen molar-refractivity contribution in [1.82, 2.24) is 10.3 Å². The van der Waals surface area contributed by atoms with E-state index >= 15 is 0 Å². The molecular weight excluding hydrogens is 633 g/mol. The second-order valence-corrected chi connectivity index (χ2v) is 13.3. The Balaban J connectivity index is 1.17. The van der Waals surface area contributed by atoms with Crippen LogP contribution in [-0.2, 0) is 9.59 Å². The minimum atomic E-state index is -0.538.